The van der Waals surface area contributed by atoms with Crippen molar-refractivity contribution < 1.29 is 76.8 Å². The molecule has 6 heterocycles. The number of methoxy groups -OCH3 is 2. The first-order valence-corrected chi connectivity index (χ1v) is 28.0. The van der Waals surface area contributed by atoms with Crippen molar-refractivity contribution in [2.45, 2.75) is 205 Å². The number of carboxylic acid groups (broad SMARTS) is 1. The highest BCUT2D eigenvalue weighted by Gasteiger charge is 2.58. The van der Waals surface area contributed by atoms with Gasteiger partial charge in [-0.3, -0.25) is 14.4 Å². The number of aliphatic hydroxyl groups is 1. The summed E-state index contributed by atoms with van der Waals surface area (Å²) in [6.45, 7) is 20.7. The number of aliphatic hydroxyl groups excluding tert-OH is 1. The minimum atomic E-state index is -1.39. The van der Waals surface area contributed by atoms with Crippen molar-refractivity contribution in [1.29, 1.82) is 0 Å². The smallest absolute Gasteiger partial charge is 0.408 e. The number of aromatic nitrogens is 1. The molecular weight excluding hydrogens is 1010 g/mol. The van der Waals surface area contributed by atoms with Gasteiger partial charge in [-0.25, -0.2) is 9.59 Å². The number of likely N-dealkylation sites (N-methyl/N-ethyl adjacent to an activating group) is 1. The molecule has 2 unspecified atom stereocenters. The Morgan fingerprint density at radius 1 is 0.923 bits per heavy atom. The first-order chi connectivity index (χ1) is 36.8. The monoisotopic (exact) mass is 1100 g/mol. The number of rotatable bonds is 18. The van der Waals surface area contributed by atoms with Gasteiger partial charge in [-0.2, -0.15) is 0 Å². The van der Waals surface area contributed by atoms with Crippen LogP contribution in [0.2, 0.25) is 0 Å². The van der Waals surface area contributed by atoms with Gasteiger partial charge in [0.1, 0.15) is 42.0 Å². The Hall–Kier alpha value is -4.29. The number of nitrogens with one attached hydrogen (secondary N) is 2. The van der Waals surface area contributed by atoms with Gasteiger partial charge < -0.3 is 77.7 Å². The summed E-state index contributed by atoms with van der Waals surface area (Å²) >= 11 is 0. The van der Waals surface area contributed by atoms with Crippen LogP contribution in [0.25, 0.3) is 10.9 Å². The summed E-state index contributed by atoms with van der Waals surface area (Å²) < 4.78 is 66.5. The van der Waals surface area contributed by atoms with Gasteiger partial charge in [-0.15, -0.1) is 0 Å². The minimum Gasteiger partial charge on any atom is -0.492 e. The lowest BCUT2D eigenvalue weighted by atomic mass is 9.73. The second-order valence-corrected chi connectivity index (χ2v) is 23.4. The number of cyclic esters (lactones) is 1. The second-order valence-electron chi connectivity index (χ2n) is 23.4. The molecule has 0 spiro atoms. The van der Waals surface area contributed by atoms with Gasteiger partial charge in [0.15, 0.2) is 18.2 Å². The number of carbonyl (C=O) groups excluding carboxylic acids is 3. The molecule has 2 aromatic rings. The summed E-state index contributed by atoms with van der Waals surface area (Å²) in [7, 11) is 6.94. The lowest BCUT2D eigenvalue weighted by Gasteiger charge is -2.50. The standard InChI is InChI=1S/C57H88N4O17/c1-15-41-57(10)48(59-54(68)78-57)32(4)44(62)30(2)27-55(8,69-13)49(77-53-46(64)40(60(11)12)24-31(3)73-53)33(5)47(34(6)52(67)75-41)76-42-28-56(9,70-14)50(35(7)74-42)72-22-17-19-58-20-23-71-37-25-36-18-16-21-61-29-39(51(65)66)45(63)38(26-37)43(36)61/h25-26,29-35,40-42,46-50,53,58,64H,15-24,27-28H2,1-14H3,(H,59,68)(H,65,66)/t30-,31-,32?,33+,34-,35+,40?,41-,42+,46-,47+,48-,49-,50+,53+,55-,56-,57-/m1/s1. The molecule has 21 heteroatoms. The number of Topliss-reactive ketones (excluding diaryl/α,β-unsaturated/α-hetero) is 1. The Labute approximate surface area is 458 Å². The van der Waals surface area contributed by atoms with Crippen molar-refractivity contribution >= 4 is 34.7 Å². The van der Waals surface area contributed by atoms with E-state index < -0.39 is 119 Å². The van der Waals surface area contributed by atoms with Crippen molar-refractivity contribution in [3.05, 3.63) is 39.7 Å². The van der Waals surface area contributed by atoms with Gasteiger partial charge in [0.25, 0.3) is 0 Å². The average Bonchev–Trinajstić information content (AvgIpc) is 3.72. The molecular formula is C57H88N4O17. The predicted molar refractivity (Wildman–Crippen MR) is 286 cm³/mol. The maximum atomic E-state index is 14.8. The zero-order chi connectivity index (χ0) is 57.2. The lowest BCUT2D eigenvalue weighted by Crippen LogP contribution is -2.61. The van der Waals surface area contributed by atoms with Crippen LogP contribution in [0.4, 0.5) is 4.79 Å². The van der Waals surface area contributed by atoms with Crippen LogP contribution >= 0.6 is 0 Å². The van der Waals surface area contributed by atoms with E-state index in [9.17, 15) is 34.2 Å². The highest BCUT2D eigenvalue weighted by Crippen LogP contribution is 2.43. The number of esters is 1. The third-order valence-electron chi connectivity index (χ3n) is 17.5. The maximum Gasteiger partial charge on any atom is 0.408 e. The Balaban J connectivity index is 1.07. The maximum absolute atomic E-state index is 14.8. The Morgan fingerprint density at radius 2 is 1.63 bits per heavy atom. The molecule has 1 aromatic carbocycles. The summed E-state index contributed by atoms with van der Waals surface area (Å²) in [5, 5.41) is 28.1. The van der Waals surface area contributed by atoms with Crippen LogP contribution in [0.1, 0.15) is 124 Å². The molecule has 4 saturated heterocycles. The number of carboxylic acids is 1. The molecule has 78 heavy (non-hydrogen) atoms. The molecule has 7 rings (SSSR count). The molecule has 4 fully saturated rings. The zero-order valence-electron chi connectivity index (χ0n) is 48.3. The average molecular weight is 1100 g/mol. The quantitative estimate of drug-likeness (QED) is 0.110. The number of ketones is 1. The fraction of sp³-hybridized carbons (Fsp3) is 0.772. The Bertz CT molecular complexity index is 2510. The summed E-state index contributed by atoms with van der Waals surface area (Å²) in [6, 6.07) is 2.43. The fourth-order valence-electron chi connectivity index (χ4n) is 13.1. The highest BCUT2D eigenvalue weighted by atomic mass is 16.7. The van der Waals surface area contributed by atoms with E-state index in [1.54, 1.807) is 41.1 Å². The van der Waals surface area contributed by atoms with Gasteiger partial charge in [-0.1, -0.05) is 27.7 Å². The van der Waals surface area contributed by atoms with Gasteiger partial charge >= 0.3 is 18.0 Å². The number of alkyl carbamates (subject to hydrolysis) is 1. The van der Waals surface area contributed by atoms with E-state index in [-0.39, 0.29) is 42.8 Å². The summed E-state index contributed by atoms with van der Waals surface area (Å²) in [5.74, 6) is -4.65. The molecule has 438 valence electrons. The normalized spacial score (nSPS) is 37.8. The molecule has 18 atom stereocenters. The first-order valence-electron chi connectivity index (χ1n) is 28.0. The van der Waals surface area contributed by atoms with E-state index >= 15 is 0 Å². The third kappa shape index (κ3) is 12.7. The second kappa shape index (κ2) is 25.2. The van der Waals surface area contributed by atoms with Crippen molar-refractivity contribution in [3.63, 3.8) is 0 Å². The largest absolute Gasteiger partial charge is 0.492 e. The van der Waals surface area contributed by atoms with Crippen molar-refractivity contribution in [1.82, 2.24) is 20.1 Å². The van der Waals surface area contributed by atoms with Crippen molar-refractivity contribution in [3.8, 4) is 5.75 Å². The number of ether oxygens (including phenoxy) is 10. The SMILES string of the molecule is CC[C@H]1OC(=O)[C@H](C)[C@@H](O[C@H]2C[C@@](C)(OC)[C@@H](OCCCNCCOc3cc4c5c(c3)c(=O)c(C(=O)O)cn5CCC4)[C@H](C)O2)[C@H](C)[C@@H](O[C@@H]2O[C@H](C)CC(N(C)C)[C@H]2O)[C@](C)(OC)C[C@@H](C)C(=O)C(C)[C@H]2NC(=O)O[C@@]21C. The molecule has 0 bridgehead atoms. The van der Waals surface area contributed by atoms with E-state index in [4.69, 9.17) is 47.4 Å². The van der Waals surface area contributed by atoms with Gasteiger partial charge in [0.05, 0.1) is 58.5 Å². The van der Waals surface area contributed by atoms with Gasteiger partial charge in [-0.05, 0) is 118 Å². The van der Waals surface area contributed by atoms with Crippen LogP contribution in [0.3, 0.4) is 0 Å². The van der Waals surface area contributed by atoms with E-state index in [2.05, 4.69) is 10.6 Å². The molecule has 5 aliphatic heterocycles. The molecule has 0 aliphatic carbocycles. The topological polar surface area (TPSA) is 250 Å². The van der Waals surface area contributed by atoms with E-state index in [0.29, 0.717) is 56.8 Å². The van der Waals surface area contributed by atoms with Gasteiger partial charge in [0, 0.05) is 70.3 Å². The molecule has 0 radical (unpaired) electrons. The minimum absolute atomic E-state index is 0.147. The number of aryl methyl sites for hydroxylation is 2. The number of pyridine rings is 1. The lowest BCUT2D eigenvalue weighted by molar-refractivity contribution is -0.322. The fourth-order valence-corrected chi connectivity index (χ4v) is 13.1. The summed E-state index contributed by atoms with van der Waals surface area (Å²) in [6.07, 6.45) is -3.32. The number of carbonyl (C=O) groups is 4. The van der Waals surface area contributed by atoms with Crippen LogP contribution in [0.15, 0.2) is 23.1 Å². The van der Waals surface area contributed by atoms with E-state index in [1.165, 1.54) is 6.20 Å². The number of aromatic carboxylic acids is 1. The summed E-state index contributed by atoms with van der Waals surface area (Å²) in [5.41, 5.74) is -2.64. The van der Waals surface area contributed by atoms with Gasteiger partial charge in [0.2, 0.25) is 5.43 Å². The van der Waals surface area contributed by atoms with Crippen molar-refractivity contribution in [2.75, 3.05) is 54.6 Å². The highest BCUT2D eigenvalue weighted by molar-refractivity contribution is 5.94. The van der Waals surface area contributed by atoms with E-state index in [1.807, 2.05) is 78.1 Å². The van der Waals surface area contributed by atoms with Crippen LogP contribution in [-0.4, -0.2) is 182 Å². The molecule has 21 nitrogen and oxygen atoms in total. The summed E-state index contributed by atoms with van der Waals surface area (Å²) in [4.78, 5) is 69.3. The van der Waals surface area contributed by atoms with Crippen LogP contribution < -0.4 is 20.8 Å². The molecule has 4 N–H and O–H groups in total. The first kappa shape index (κ1) is 61.3. The zero-order valence-corrected chi connectivity index (χ0v) is 48.3. The third-order valence-corrected chi connectivity index (χ3v) is 17.5. The number of hydrogen-bond donors (Lipinski definition) is 4. The number of hydrogen-bond acceptors (Lipinski definition) is 18. The van der Waals surface area contributed by atoms with Crippen LogP contribution in [0, 0.1) is 23.7 Å². The number of amides is 1. The number of fused-ring (bicyclic) bond motifs is 1. The van der Waals surface area contributed by atoms with Crippen LogP contribution in [0.5, 0.6) is 5.75 Å². The van der Waals surface area contributed by atoms with E-state index in [0.717, 1.165) is 23.9 Å². The van der Waals surface area contributed by atoms with Crippen molar-refractivity contribution in [2.24, 2.45) is 23.7 Å². The number of benzene rings is 1. The molecule has 5 aliphatic rings. The molecule has 1 aromatic heterocycles. The predicted octanol–water partition coefficient (Wildman–Crippen LogP) is 5.24. The van der Waals surface area contributed by atoms with Crippen LogP contribution in [-0.2, 0) is 65.2 Å². The Kier molecular flexibility index (Phi) is 19.8. The molecule has 0 saturated carbocycles. The molecule has 1 amide bonds. The number of nitrogens with zero attached hydrogens (tertiary/aromatic N) is 2. The Morgan fingerprint density at radius 3 is 2.29 bits per heavy atom.